The third-order valence-corrected chi connectivity index (χ3v) is 6.94. The summed E-state index contributed by atoms with van der Waals surface area (Å²) in [6.45, 7) is 0.323. The highest BCUT2D eigenvalue weighted by Gasteiger charge is 2.33. The van der Waals surface area contributed by atoms with Crippen molar-refractivity contribution in [1.29, 1.82) is 0 Å². The molecule has 0 aliphatic rings. The van der Waals surface area contributed by atoms with Gasteiger partial charge in [0.15, 0.2) is 17.2 Å². The average molecular weight is 723 g/mol. The van der Waals surface area contributed by atoms with Crippen LogP contribution in [-0.4, -0.2) is 24.2 Å². The summed E-state index contributed by atoms with van der Waals surface area (Å²) < 4.78 is 56.4. The van der Waals surface area contributed by atoms with Crippen LogP contribution in [0.25, 0.3) is 0 Å². The molecule has 0 heterocycles. The van der Waals surface area contributed by atoms with Gasteiger partial charge < -0.3 is 14.2 Å². The summed E-state index contributed by atoms with van der Waals surface area (Å²) in [6, 6.07) is 19.3. The minimum Gasteiger partial charge on any atom is -0.493 e. The van der Waals surface area contributed by atoms with E-state index in [1.807, 2.05) is 30.3 Å². The average Bonchev–Trinajstić information content (AvgIpc) is 2.97. The van der Waals surface area contributed by atoms with Gasteiger partial charge in [-0.2, -0.15) is 18.3 Å². The predicted octanol–water partition coefficient (Wildman–Crippen LogP) is 8.28. The van der Waals surface area contributed by atoms with Gasteiger partial charge in [-0.05, 0) is 85.5 Å². The zero-order chi connectivity index (χ0) is 31.1. The van der Waals surface area contributed by atoms with Crippen LogP contribution in [-0.2, 0) is 12.8 Å². The van der Waals surface area contributed by atoms with Gasteiger partial charge in [-0.15, -0.1) is 0 Å². The number of nitro benzene ring substituents is 1. The third-order valence-electron chi connectivity index (χ3n) is 5.76. The first-order valence-electron chi connectivity index (χ1n) is 12.2. The lowest BCUT2D eigenvalue weighted by molar-refractivity contribution is -0.385. The van der Waals surface area contributed by atoms with Crippen molar-refractivity contribution in [1.82, 2.24) is 5.43 Å². The van der Waals surface area contributed by atoms with Crippen molar-refractivity contribution >= 4 is 49.7 Å². The fourth-order valence-corrected chi connectivity index (χ4v) is 5.06. The number of carbonyl (C=O) groups is 1. The molecule has 0 aliphatic carbocycles. The van der Waals surface area contributed by atoms with Gasteiger partial charge in [0, 0.05) is 11.6 Å². The highest BCUT2D eigenvalue weighted by atomic mass is 79.9. The molecule has 9 nitrogen and oxygen atoms in total. The first-order valence-corrected chi connectivity index (χ1v) is 13.8. The molecule has 0 fully saturated rings. The van der Waals surface area contributed by atoms with E-state index < -0.39 is 28.3 Å². The summed E-state index contributed by atoms with van der Waals surface area (Å²) in [5, 5.41) is 15.4. The second kappa shape index (κ2) is 13.7. The van der Waals surface area contributed by atoms with Crippen molar-refractivity contribution in [2.24, 2.45) is 5.10 Å². The van der Waals surface area contributed by atoms with Crippen LogP contribution in [0, 0.1) is 10.1 Å². The van der Waals surface area contributed by atoms with Crippen molar-refractivity contribution in [3.63, 3.8) is 0 Å². The van der Waals surface area contributed by atoms with E-state index >= 15 is 0 Å². The van der Waals surface area contributed by atoms with Crippen molar-refractivity contribution in [3.05, 3.63) is 120 Å². The molecule has 0 aromatic heterocycles. The van der Waals surface area contributed by atoms with Crippen LogP contribution < -0.4 is 19.6 Å². The molecule has 0 saturated heterocycles. The molecule has 0 atom stereocenters. The number of nitro groups is 1. The summed E-state index contributed by atoms with van der Waals surface area (Å²) in [5.41, 5.74) is 2.11. The van der Waals surface area contributed by atoms with E-state index in [4.69, 9.17) is 14.2 Å². The number of ether oxygens (including phenoxy) is 3. The Labute approximate surface area is 259 Å². The van der Waals surface area contributed by atoms with E-state index in [2.05, 4.69) is 42.4 Å². The maximum absolute atomic E-state index is 13.0. The molecule has 222 valence electrons. The standard InChI is InChI=1S/C29H20Br2F3N3O6/c1-41-26-13-19(7-9-25(26)42-16-17-5-3-2-4-6-17)28(38)36-35-15-18-11-21(30)27(22(31)12-18)43-24-10-8-20(29(32,33)34)14-23(24)37(39)40/h2-15H,16H2,1H3,(H,36,38)/b35-15+. The van der Waals surface area contributed by atoms with E-state index in [1.54, 1.807) is 12.1 Å². The van der Waals surface area contributed by atoms with Gasteiger partial charge in [-0.25, -0.2) is 5.43 Å². The topological polar surface area (TPSA) is 112 Å². The van der Waals surface area contributed by atoms with Crippen LogP contribution in [0.1, 0.15) is 27.0 Å². The summed E-state index contributed by atoms with van der Waals surface area (Å²) >= 11 is 6.58. The number of alkyl halides is 3. The first-order chi connectivity index (χ1) is 20.5. The molecule has 1 amide bonds. The number of methoxy groups -OCH3 is 1. The Morgan fingerprint density at radius 3 is 2.28 bits per heavy atom. The number of hydrazone groups is 1. The summed E-state index contributed by atoms with van der Waals surface area (Å²) in [7, 11) is 1.46. The number of nitrogens with one attached hydrogen (secondary N) is 1. The molecule has 0 unspecified atom stereocenters. The number of hydrogen-bond acceptors (Lipinski definition) is 7. The van der Waals surface area contributed by atoms with Crippen molar-refractivity contribution < 1.29 is 37.1 Å². The second-order valence-corrected chi connectivity index (χ2v) is 10.4. The van der Waals surface area contributed by atoms with Gasteiger partial charge in [0.1, 0.15) is 6.61 Å². The van der Waals surface area contributed by atoms with Crippen molar-refractivity contribution in [2.45, 2.75) is 12.8 Å². The highest BCUT2D eigenvalue weighted by molar-refractivity contribution is 9.11. The predicted molar refractivity (Wildman–Crippen MR) is 159 cm³/mol. The largest absolute Gasteiger partial charge is 0.493 e. The van der Waals surface area contributed by atoms with E-state index in [0.29, 0.717) is 44.7 Å². The number of nitrogens with zero attached hydrogens (tertiary/aromatic N) is 2. The lowest BCUT2D eigenvalue weighted by Crippen LogP contribution is -2.17. The molecule has 14 heteroatoms. The van der Waals surface area contributed by atoms with Crippen LogP contribution >= 0.6 is 31.9 Å². The highest BCUT2D eigenvalue weighted by Crippen LogP contribution is 2.42. The van der Waals surface area contributed by atoms with E-state index in [9.17, 15) is 28.1 Å². The van der Waals surface area contributed by atoms with Crippen LogP contribution in [0.15, 0.2) is 92.9 Å². The van der Waals surface area contributed by atoms with Gasteiger partial charge in [0.05, 0.1) is 32.8 Å². The number of hydrogen-bond donors (Lipinski definition) is 1. The quantitative estimate of drug-likeness (QED) is 0.100. The van der Waals surface area contributed by atoms with E-state index in [-0.39, 0.29) is 17.1 Å². The molecule has 4 aromatic rings. The molecule has 43 heavy (non-hydrogen) atoms. The van der Waals surface area contributed by atoms with Crippen LogP contribution in [0.3, 0.4) is 0 Å². The minimum absolute atomic E-state index is 0.0747. The Morgan fingerprint density at radius 2 is 1.65 bits per heavy atom. The summed E-state index contributed by atoms with van der Waals surface area (Å²) in [5.74, 6) is -0.00287. The van der Waals surface area contributed by atoms with Crippen LogP contribution in [0.4, 0.5) is 18.9 Å². The SMILES string of the molecule is COc1cc(C(=O)N/N=C/c2cc(Br)c(Oc3ccc(C(F)(F)F)cc3[N+](=O)[O-])c(Br)c2)ccc1OCc1ccccc1. The van der Waals surface area contributed by atoms with Crippen molar-refractivity contribution in [2.75, 3.05) is 7.11 Å². The minimum atomic E-state index is -4.76. The zero-order valence-electron chi connectivity index (χ0n) is 22.0. The van der Waals surface area contributed by atoms with Crippen LogP contribution in [0.2, 0.25) is 0 Å². The molecule has 0 aliphatic heterocycles. The van der Waals surface area contributed by atoms with E-state index in [0.717, 1.165) is 11.6 Å². The molecular formula is C29H20Br2F3N3O6. The Kier molecular flexibility index (Phi) is 10.0. The maximum Gasteiger partial charge on any atom is 0.416 e. The van der Waals surface area contributed by atoms with Gasteiger partial charge in [0.2, 0.25) is 5.75 Å². The lowest BCUT2D eigenvalue weighted by Gasteiger charge is -2.13. The van der Waals surface area contributed by atoms with Gasteiger partial charge in [0.25, 0.3) is 5.91 Å². The molecule has 1 N–H and O–H groups in total. The normalized spacial score (nSPS) is 11.3. The van der Waals surface area contributed by atoms with E-state index in [1.165, 1.54) is 31.5 Å². The first kappa shape index (κ1) is 31.5. The molecule has 4 aromatic carbocycles. The Morgan fingerprint density at radius 1 is 0.977 bits per heavy atom. The lowest BCUT2D eigenvalue weighted by atomic mass is 10.2. The van der Waals surface area contributed by atoms with Gasteiger partial charge in [-0.1, -0.05) is 30.3 Å². The van der Waals surface area contributed by atoms with Gasteiger partial charge >= 0.3 is 11.9 Å². The van der Waals surface area contributed by atoms with Crippen LogP contribution in [0.5, 0.6) is 23.0 Å². The number of benzene rings is 4. The number of rotatable bonds is 10. The number of carbonyl (C=O) groups excluding carboxylic acids is 1. The molecule has 0 spiro atoms. The number of amides is 1. The van der Waals surface area contributed by atoms with Gasteiger partial charge in [-0.3, -0.25) is 14.9 Å². The second-order valence-electron chi connectivity index (χ2n) is 8.69. The Balaban J connectivity index is 1.44. The summed E-state index contributed by atoms with van der Waals surface area (Å²) in [6.07, 6.45) is -3.42. The monoisotopic (exact) mass is 721 g/mol. The molecule has 0 saturated carbocycles. The zero-order valence-corrected chi connectivity index (χ0v) is 25.2. The molecule has 4 rings (SSSR count). The molecule has 0 bridgehead atoms. The third kappa shape index (κ3) is 8.11. The fraction of sp³-hybridized carbons (Fsp3) is 0.103. The fourth-order valence-electron chi connectivity index (χ4n) is 3.68. The number of halogens is 5. The summed E-state index contributed by atoms with van der Waals surface area (Å²) in [4.78, 5) is 23.1. The van der Waals surface area contributed by atoms with Crippen molar-refractivity contribution in [3.8, 4) is 23.0 Å². The Bertz CT molecular complexity index is 1660. The maximum atomic E-state index is 13.0. The molecular weight excluding hydrogens is 703 g/mol. The Hall–Kier alpha value is -4.43. The molecule has 0 radical (unpaired) electrons. The smallest absolute Gasteiger partial charge is 0.416 e.